The molecule has 4 atom stereocenters. The quantitative estimate of drug-likeness (QED) is 0.0145. The Morgan fingerprint density at radius 2 is 1.69 bits per heavy atom. The Morgan fingerprint density at radius 1 is 0.938 bits per heavy atom. The highest BCUT2D eigenvalue weighted by Crippen LogP contribution is 2.69. The summed E-state index contributed by atoms with van der Waals surface area (Å²) in [6.07, 6.45) is 12.9. The van der Waals surface area contributed by atoms with Gasteiger partial charge in [-0.15, -0.1) is 0 Å². The predicted molar refractivity (Wildman–Crippen MR) is 307 cm³/mol. The number of nitrogens with one attached hydrogen (secondary N) is 3. The topological polar surface area (TPSA) is 263 Å². The molecule has 2 fully saturated rings. The summed E-state index contributed by atoms with van der Waals surface area (Å²) in [5, 5.41) is 31.6. The lowest BCUT2D eigenvalue weighted by Crippen LogP contribution is -2.74. The fourth-order valence-corrected chi connectivity index (χ4v) is 15.5. The summed E-state index contributed by atoms with van der Waals surface area (Å²) >= 11 is 0. The van der Waals surface area contributed by atoms with Crippen molar-refractivity contribution in [2.75, 3.05) is 50.0 Å². The van der Waals surface area contributed by atoms with Crippen LogP contribution in [0, 0.1) is 5.92 Å². The maximum atomic E-state index is 13.3. The summed E-state index contributed by atoms with van der Waals surface area (Å²) in [6.45, 7) is 11.3. The fraction of sp³-hybridized carbons (Fsp3) is 0.450. The number of aromatic hydroxyl groups is 1. The molecule has 1 saturated carbocycles. The second-order valence-electron chi connectivity index (χ2n) is 24.2. The number of nitrogens with zero attached hydrogens (tertiary/aromatic N) is 4. The lowest BCUT2D eigenvalue weighted by atomic mass is 9.49. The monoisotopic (exact) mass is 1130 g/mol. The summed E-state index contributed by atoms with van der Waals surface area (Å²) in [4.78, 5) is 25.5. The minimum atomic E-state index is -4.46. The van der Waals surface area contributed by atoms with E-state index in [0.29, 0.717) is 63.4 Å². The summed E-state index contributed by atoms with van der Waals surface area (Å²) in [7, 11) is -6.95. The Balaban J connectivity index is 0.650. The standard InChI is InChI=1S/C60H70N8O10S2/c1-57(2)42-31-38(79(72,73)74)18-21-45(42)66(5)48(57)11-9-12-49-58(3,4)43-32-39(80(75,76)77)19-22-46(43)68(49)27-8-6-7-13-51(70)62-25-10-26-63-56(61)64-37-17-20-44-40(30-37)41-33-60(71)50-29-36-16-23-47(69)54-52(36)59(60,55(78-54)53(41)65-44)24-28-67(50)34-35-14-15-35/h9,11-12,16-23,30-32,35,50,55,65,71H,6-8,10,13-15,24-29,33-34H2,1-5H3,(H6-,61,62,63,64,69,70,72,73,74,75,76,77)/p+1/t50-,55+,59+,60-/m1/s1. The molecule has 5 aromatic rings. The number of H-pyrrole nitrogens is 1. The number of carbonyl (C=O) groups is 1. The molecule has 9 N–H and O–H groups in total. The number of hydrogen-bond acceptors (Lipinski definition) is 11. The number of phenolic OH excluding ortho intramolecular Hbond substituents is 1. The maximum Gasteiger partial charge on any atom is 0.294 e. The lowest BCUT2D eigenvalue weighted by Gasteiger charge is -2.62. The first-order valence-electron chi connectivity index (χ1n) is 27.9. The number of rotatable bonds is 17. The molecule has 18 nitrogen and oxygen atoms in total. The van der Waals surface area contributed by atoms with Gasteiger partial charge in [-0.2, -0.15) is 21.4 Å². The van der Waals surface area contributed by atoms with Crippen LogP contribution in [0.15, 0.2) is 105 Å². The van der Waals surface area contributed by atoms with Gasteiger partial charge in [-0.3, -0.25) is 23.8 Å². The van der Waals surface area contributed by atoms with Gasteiger partial charge < -0.3 is 41.2 Å². The van der Waals surface area contributed by atoms with Crippen molar-refractivity contribution in [2.24, 2.45) is 16.6 Å². The van der Waals surface area contributed by atoms with Crippen molar-refractivity contribution in [2.45, 2.75) is 136 Å². The van der Waals surface area contributed by atoms with Crippen molar-refractivity contribution >= 4 is 65.8 Å². The van der Waals surface area contributed by atoms with Crippen LogP contribution in [0.2, 0.25) is 0 Å². The number of piperidine rings is 1. The lowest BCUT2D eigenvalue weighted by molar-refractivity contribution is -0.401. The molecular weight excluding hydrogens is 1060 g/mol. The largest absolute Gasteiger partial charge is 0.504 e. The number of ether oxygens (including phenoxy) is 1. The average Bonchev–Trinajstić information content (AvgIpc) is 1.51. The number of allylic oxidation sites excluding steroid dienone is 4. The zero-order valence-electron chi connectivity index (χ0n) is 45.8. The smallest absolute Gasteiger partial charge is 0.294 e. The van der Waals surface area contributed by atoms with Crippen molar-refractivity contribution < 1.29 is 50.3 Å². The molecular formula is C60H71N8O10S2+. The van der Waals surface area contributed by atoms with Crippen LogP contribution in [0.3, 0.4) is 0 Å². The minimum absolute atomic E-state index is 0.0554. The first-order valence-corrected chi connectivity index (χ1v) is 30.8. The van der Waals surface area contributed by atoms with Crippen molar-refractivity contribution in [3.05, 3.63) is 124 Å². The van der Waals surface area contributed by atoms with Crippen molar-refractivity contribution in [1.82, 2.24) is 15.2 Å². The van der Waals surface area contributed by atoms with Crippen molar-refractivity contribution in [3.63, 3.8) is 0 Å². The summed E-state index contributed by atoms with van der Waals surface area (Å²) in [6, 6.07) is 18.9. The number of nitrogens with two attached hydrogens (primary N) is 1. The number of benzene rings is 4. The van der Waals surface area contributed by atoms with Gasteiger partial charge in [0.25, 0.3) is 20.2 Å². The molecule has 1 spiro atoms. The zero-order chi connectivity index (χ0) is 56.5. The van der Waals surface area contributed by atoms with Gasteiger partial charge in [0.15, 0.2) is 29.3 Å². The van der Waals surface area contributed by atoms with E-state index < -0.39 is 48.2 Å². The number of anilines is 2. The molecule has 80 heavy (non-hydrogen) atoms. The van der Waals surface area contributed by atoms with Gasteiger partial charge >= 0.3 is 0 Å². The summed E-state index contributed by atoms with van der Waals surface area (Å²) in [5.74, 6) is 1.50. The van der Waals surface area contributed by atoms with Crippen LogP contribution < -0.4 is 26.0 Å². The highest BCUT2D eigenvalue weighted by Gasteiger charge is 2.73. The van der Waals surface area contributed by atoms with Crippen LogP contribution in [0.4, 0.5) is 17.1 Å². The van der Waals surface area contributed by atoms with Gasteiger partial charge in [0, 0.05) is 102 Å². The van der Waals surface area contributed by atoms with Gasteiger partial charge in [-0.05, 0) is 149 Å². The second kappa shape index (κ2) is 19.3. The van der Waals surface area contributed by atoms with Crippen LogP contribution in [0.1, 0.15) is 119 Å². The highest BCUT2D eigenvalue weighted by atomic mass is 32.2. The number of aromatic nitrogens is 1. The van der Waals surface area contributed by atoms with Gasteiger partial charge in [0.2, 0.25) is 11.6 Å². The number of carbonyl (C=O) groups excluding carboxylic acids is 1. The number of guanidine groups is 1. The number of phenols is 1. The van der Waals surface area contributed by atoms with E-state index in [4.69, 9.17) is 10.5 Å². The van der Waals surface area contributed by atoms with Gasteiger partial charge in [-0.25, -0.2) is 0 Å². The van der Waals surface area contributed by atoms with Crippen LogP contribution in [0.5, 0.6) is 11.5 Å². The molecule has 1 amide bonds. The molecule has 2 bridgehead atoms. The molecule has 20 heteroatoms. The molecule has 0 radical (unpaired) electrons. The van der Waals surface area contributed by atoms with Crippen LogP contribution in [-0.4, -0.2) is 120 Å². The number of aliphatic hydroxyl groups is 1. The van der Waals surface area contributed by atoms with E-state index >= 15 is 0 Å². The Kier molecular flexibility index (Phi) is 13.0. The number of amides is 1. The molecule has 422 valence electrons. The highest BCUT2D eigenvalue weighted by molar-refractivity contribution is 7.86. The summed E-state index contributed by atoms with van der Waals surface area (Å²) in [5.41, 5.74) is 14.2. The number of aromatic amines is 1. The Labute approximate surface area is 467 Å². The van der Waals surface area contributed by atoms with Gasteiger partial charge in [0.05, 0.1) is 31.9 Å². The predicted octanol–water partition coefficient (Wildman–Crippen LogP) is 7.80. The number of unbranched alkanes of at least 4 members (excludes halogenated alkanes) is 2. The molecule has 1 saturated heterocycles. The third-order valence-electron chi connectivity index (χ3n) is 18.6. The first kappa shape index (κ1) is 54.1. The third kappa shape index (κ3) is 8.83. The number of likely N-dealkylation sites (tertiary alicyclic amines) is 1. The third-order valence-corrected chi connectivity index (χ3v) is 20.3. The molecule has 1 aromatic heterocycles. The molecule has 4 aromatic carbocycles. The average molecular weight is 1130 g/mol. The SMILES string of the molecule is C[N+]1=C(/C=C/C=C2/N(CCCCCC(=O)NCCCN=C(N)Nc3ccc4[nH]c5c(c4c3)C[C@@]3(O)[C@H]4Cc6ccc(O)c7c6[C@@]3(CCN4CC3CC3)[C@H]5O7)c3ccc(S(=O)(=O)O)cc3C2(C)C)C(C)(C)c2cc(S(=O)(=O)O)ccc21. The van der Waals surface area contributed by atoms with E-state index in [9.17, 15) is 40.9 Å². The fourth-order valence-electron chi connectivity index (χ4n) is 14.5. The Bertz CT molecular complexity index is 3790. The molecule has 7 aliphatic rings. The van der Waals surface area contributed by atoms with E-state index in [1.807, 2.05) is 81.8 Å². The molecule has 3 aliphatic carbocycles. The van der Waals surface area contributed by atoms with Crippen LogP contribution >= 0.6 is 0 Å². The normalized spacial score (nSPS) is 24.8. The van der Waals surface area contributed by atoms with Crippen molar-refractivity contribution in [1.29, 1.82) is 0 Å². The maximum absolute atomic E-state index is 13.3. The van der Waals surface area contributed by atoms with E-state index in [1.165, 1.54) is 37.1 Å². The zero-order valence-corrected chi connectivity index (χ0v) is 47.5. The molecule has 5 heterocycles. The molecule has 0 unspecified atom stereocenters. The van der Waals surface area contributed by atoms with Gasteiger partial charge in [-0.1, -0.05) is 32.4 Å². The van der Waals surface area contributed by atoms with Crippen LogP contribution in [-0.2, 0) is 54.1 Å². The number of hydrogen-bond donors (Lipinski definition) is 8. The Morgan fingerprint density at radius 3 is 2.44 bits per heavy atom. The number of fused-ring (bicyclic) bond motifs is 6. The van der Waals surface area contributed by atoms with E-state index in [1.54, 1.807) is 18.2 Å². The number of aliphatic imine (C=N–C) groups is 1. The summed E-state index contributed by atoms with van der Waals surface area (Å²) < 4.78 is 77.0. The molecule has 12 rings (SSSR count). The van der Waals surface area contributed by atoms with E-state index in [2.05, 4.69) is 30.4 Å². The van der Waals surface area contributed by atoms with Crippen molar-refractivity contribution in [3.8, 4) is 11.5 Å². The Hall–Kier alpha value is -6.55. The van der Waals surface area contributed by atoms with Gasteiger partial charge in [0.1, 0.15) is 7.05 Å². The van der Waals surface area contributed by atoms with E-state index in [-0.39, 0.29) is 33.4 Å². The second-order valence-corrected chi connectivity index (χ2v) is 27.0. The van der Waals surface area contributed by atoms with Crippen LogP contribution in [0.25, 0.3) is 10.9 Å². The van der Waals surface area contributed by atoms with E-state index in [0.717, 1.165) is 105 Å². The first-order chi connectivity index (χ1) is 37.9. The molecule has 4 aliphatic heterocycles. The minimum Gasteiger partial charge on any atom is -0.504 e.